The fraction of sp³-hybridized carbons (Fsp3) is 0.714. The molecule has 1 amide bonds. The number of amides is 1. The van der Waals surface area contributed by atoms with Gasteiger partial charge in [-0.15, -0.1) is 13.2 Å². The highest BCUT2D eigenvalue weighted by molar-refractivity contribution is 5.80. The molecule has 6 heteroatoms. The molecule has 2 atom stereocenters. The van der Waals surface area contributed by atoms with Crippen LogP contribution in [0.25, 0.3) is 0 Å². The second-order valence-electron chi connectivity index (χ2n) is 7.66. The van der Waals surface area contributed by atoms with E-state index in [1.165, 1.54) is 0 Å². The molecule has 3 N–H and O–H groups in total. The van der Waals surface area contributed by atoms with Crippen molar-refractivity contribution < 1.29 is 4.79 Å². The third kappa shape index (κ3) is 8.16. The molecule has 1 aliphatic heterocycles. The summed E-state index contributed by atoms with van der Waals surface area (Å²) in [5, 5.41) is 3.42. The van der Waals surface area contributed by atoms with Crippen LogP contribution in [0, 0.1) is 11.8 Å². The summed E-state index contributed by atoms with van der Waals surface area (Å²) >= 11 is 0. The Balaban J connectivity index is 2.89. The van der Waals surface area contributed by atoms with E-state index in [4.69, 9.17) is 10.7 Å². The molecule has 0 aliphatic carbocycles. The van der Waals surface area contributed by atoms with Crippen LogP contribution in [0.5, 0.6) is 0 Å². The van der Waals surface area contributed by atoms with Crippen molar-refractivity contribution in [1.82, 2.24) is 15.1 Å². The summed E-state index contributed by atoms with van der Waals surface area (Å²) in [6, 6.07) is 0.320. The summed E-state index contributed by atoms with van der Waals surface area (Å²) in [4.78, 5) is 20.9. The van der Waals surface area contributed by atoms with Gasteiger partial charge in [0.25, 0.3) is 0 Å². The summed E-state index contributed by atoms with van der Waals surface area (Å²) < 4.78 is 0. The first-order valence-corrected chi connectivity index (χ1v) is 10.2. The minimum absolute atomic E-state index is 0.215. The monoisotopic (exact) mass is 377 g/mol. The summed E-state index contributed by atoms with van der Waals surface area (Å²) in [5.74, 6) is 1.52. The molecular formula is C21H39N5O. The van der Waals surface area contributed by atoms with Crippen molar-refractivity contribution in [1.29, 1.82) is 0 Å². The number of nitrogens with zero attached hydrogens (tertiary/aromatic N) is 3. The van der Waals surface area contributed by atoms with Crippen molar-refractivity contribution in [3.8, 4) is 0 Å². The Kier molecular flexibility index (Phi) is 10.8. The van der Waals surface area contributed by atoms with Gasteiger partial charge in [-0.1, -0.05) is 26.0 Å². The molecule has 27 heavy (non-hydrogen) atoms. The first-order valence-electron chi connectivity index (χ1n) is 10.2. The van der Waals surface area contributed by atoms with Crippen molar-refractivity contribution in [3.05, 3.63) is 25.3 Å². The zero-order chi connectivity index (χ0) is 20.2. The Labute approximate surface area is 165 Å². The van der Waals surface area contributed by atoms with Gasteiger partial charge in [-0.3, -0.25) is 14.7 Å². The van der Waals surface area contributed by atoms with E-state index in [0.717, 1.165) is 58.1 Å². The minimum atomic E-state index is -0.215. The van der Waals surface area contributed by atoms with Gasteiger partial charge in [0.05, 0.1) is 6.54 Å². The molecule has 0 radical (unpaired) electrons. The number of nitrogens with one attached hydrogen (secondary N) is 1. The largest absolute Gasteiger partial charge is 0.370 e. The van der Waals surface area contributed by atoms with Crippen LogP contribution in [0.2, 0.25) is 0 Å². The number of primary amides is 1. The van der Waals surface area contributed by atoms with E-state index in [1.54, 1.807) is 0 Å². The molecule has 2 unspecified atom stereocenters. The number of aliphatic imine (C=N–C) groups is 1. The average molecular weight is 378 g/mol. The van der Waals surface area contributed by atoms with Crippen LogP contribution in [0.3, 0.4) is 0 Å². The number of likely N-dealkylation sites (tertiary alicyclic amines) is 1. The molecular weight excluding hydrogens is 338 g/mol. The Hall–Kier alpha value is -1.82. The number of nitrogens with two attached hydrogens (primary N) is 1. The molecule has 0 bridgehead atoms. The predicted octanol–water partition coefficient (Wildman–Crippen LogP) is 2.24. The number of rotatable bonds is 11. The molecule has 0 saturated carbocycles. The molecule has 0 aromatic rings. The van der Waals surface area contributed by atoms with Crippen molar-refractivity contribution in [2.45, 2.75) is 46.1 Å². The zero-order valence-electron chi connectivity index (χ0n) is 17.5. The summed E-state index contributed by atoms with van der Waals surface area (Å²) in [6.07, 6.45) is 6.45. The van der Waals surface area contributed by atoms with Gasteiger partial charge in [-0.2, -0.15) is 0 Å². The lowest BCUT2D eigenvalue weighted by atomic mass is 9.95. The molecule has 154 valence electrons. The van der Waals surface area contributed by atoms with Crippen LogP contribution < -0.4 is 11.1 Å². The maximum Gasteiger partial charge on any atom is 0.217 e. The lowest BCUT2D eigenvalue weighted by Crippen LogP contribution is -2.48. The SMILES string of the molecule is C=CCN(CC=C)C(CN=C(NCC)N1CCCC(CC(N)=O)C1)C(C)C. The van der Waals surface area contributed by atoms with Crippen molar-refractivity contribution in [3.63, 3.8) is 0 Å². The molecule has 6 nitrogen and oxygen atoms in total. The van der Waals surface area contributed by atoms with E-state index in [-0.39, 0.29) is 5.91 Å². The maximum absolute atomic E-state index is 11.3. The van der Waals surface area contributed by atoms with Crippen LogP contribution in [0.4, 0.5) is 0 Å². The van der Waals surface area contributed by atoms with Crippen LogP contribution in [-0.4, -0.2) is 67.0 Å². The molecule has 1 heterocycles. The molecule has 1 fully saturated rings. The van der Waals surface area contributed by atoms with E-state index in [2.05, 4.69) is 49.0 Å². The molecule has 0 aromatic heterocycles. The fourth-order valence-corrected chi connectivity index (χ4v) is 3.74. The van der Waals surface area contributed by atoms with Crippen molar-refractivity contribution >= 4 is 11.9 Å². The van der Waals surface area contributed by atoms with E-state index < -0.39 is 0 Å². The van der Waals surface area contributed by atoms with Crippen molar-refractivity contribution in [2.24, 2.45) is 22.6 Å². The quantitative estimate of drug-likeness (QED) is 0.329. The van der Waals surface area contributed by atoms with Gasteiger partial charge in [-0.05, 0) is 31.6 Å². The molecule has 1 rings (SSSR count). The number of piperidine rings is 1. The highest BCUT2D eigenvalue weighted by atomic mass is 16.1. The summed E-state index contributed by atoms with van der Waals surface area (Å²) in [5.41, 5.74) is 5.40. The van der Waals surface area contributed by atoms with Gasteiger partial charge in [-0.25, -0.2) is 0 Å². The standard InChI is InChI=1S/C21H39N5O/c1-6-11-25(12-7-2)19(17(4)5)15-24-21(23-8-3)26-13-9-10-18(16-26)14-20(22)27/h6-7,17-19H,1-2,8-16H2,3-5H3,(H2,22,27)(H,23,24). The van der Waals surface area contributed by atoms with E-state index in [1.807, 2.05) is 12.2 Å². The smallest absolute Gasteiger partial charge is 0.217 e. The average Bonchev–Trinajstić information content (AvgIpc) is 2.60. The van der Waals surface area contributed by atoms with Crippen LogP contribution in [0.1, 0.15) is 40.0 Å². The topological polar surface area (TPSA) is 74.0 Å². The summed E-state index contributed by atoms with van der Waals surface area (Å²) in [6.45, 7) is 19.3. The fourth-order valence-electron chi connectivity index (χ4n) is 3.74. The second-order valence-corrected chi connectivity index (χ2v) is 7.66. The Bertz CT molecular complexity index is 493. The summed E-state index contributed by atoms with van der Waals surface area (Å²) in [7, 11) is 0. The van der Waals surface area contributed by atoms with Crippen LogP contribution in [-0.2, 0) is 4.79 Å². The number of guanidine groups is 1. The lowest BCUT2D eigenvalue weighted by molar-refractivity contribution is -0.119. The molecule has 1 aliphatic rings. The third-order valence-electron chi connectivity index (χ3n) is 5.04. The highest BCUT2D eigenvalue weighted by Gasteiger charge is 2.25. The Morgan fingerprint density at radius 2 is 2.04 bits per heavy atom. The van der Waals surface area contributed by atoms with E-state index >= 15 is 0 Å². The second kappa shape index (κ2) is 12.5. The first kappa shape index (κ1) is 23.2. The normalized spacial score (nSPS) is 19.2. The van der Waals surface area contributed by atoms with E-state index in [9.17, 15) is 4.79 Å². The number of hydrogen-bond acceptors (Lipinski definition) is 3. The van der Waals surface area contributed by atoms with Crippen LogP contribution in [0.15, 0.2) is 30.3 Å². The van der Waals surface area contributed by atoms with E-state index in [0.29, 0.717) is 24.3 Å². The lowest BCUT2D eigenvalue weighted by Gasteiger charge is -2.36. The number of hydrogen-bond donors (Lipinski definition) is 2. The van der Waals surface area contributed by atoms with Gasteiger partial charge in [0.2, 0.25) is 5.91 Å². The maximum atomic E-state index is 11.3. The zero-order valence-corrected chi connectivity index (χ0v) is 17.5. The molecule has 0 aromatic carbocycles. The molecule has 1 saturated heterocycles. The van der Waals surface area contributed by atoms with Gasteiger partial charge in [0.15, 0.2) is 5.96 Å². The highest BCUT2D eigenvalue weighted by Crippen LogP contribution is 2.20. The number of carbonyl (C=O) groups is 1. The molecule has 0 spiro atoms. The van der Waals surface area contributed by atoms with Gasteiger partial charge in [0.1, 0.15) is 0 Å². The minimum Gasteiger partial charge on any atom is -0.370 e. The van der Waals surface area contributed by atoms with Gasteiger partial charge in [0, 0.05) is 45.2 Å². The predicted molar refractivity (Wildman–Crippen MR) is 115 cm³/mol. The van der Waals surface area contributed by atoms with Crippen molar-refractivity contribution in [2.75, 3.05) is 39.3 Å². The Morgan fingerprint density at radius 1 is 1.37 bits per heavy atom. The van der Waals surface area contributed by atoms with Crippen LogP contribution >= 0.6 is 0 Å². The van der Waals surface area contributed by atoms with Gasteiger partial charge >= 0.3 is 0 Å². The Morgan fingerprint density at radius 3 is 2.56 bits per heavy atom. The third-order valence-corrected chi connectivity index (χ3v) is 5.04. The first-order chi connectivity index (χ1) is 12.9. The number of carbonyl (C=O) groups excluding carboxylic acids is 1. The van der Waals surface area contributed by atoms with Gasteiger partial charge < -0.3 is 16.0 Å².